The third-order valence-electron chi connectivity index (χ3n) is 3.90. The molecule has 0 aliphatic heterocycles. The molecule has 0 radical (unpaired) electrons. The first-order valence-electron chi connectivity index (χ1n) is 6.93. The van der Waals surface area contributed by atoms with E-state index in [0.29, 0.717) is 0 Å². The van der Waals surface area contributed by atoms with Crippen LogP contribution in [0, 0.1) is 5.92 Å². The fourth-order valence-electron chi connectivity index (χ4n) is 2.71. The van der Waals surface area contributed by atoms with Gasteiger partial charge in [0, 0.05) is 10.5 Å². The van der Waals surface area contributed by atoms with Gasteiger partial charge in [-0.3, -0.25) is 4.79 Å². The van der Waals surface area contributed by atoms with Gasteiger partial charge >= 0.3 is 0 Å². The van der Waals surface area contributed by atoms with Crippen LogP contribution in [-0.2, 0) is 4.79 Å². The highest BCUT2D eigenvalue weighted by Gasteiger charge is 2.31. The minimum absolute atomic E-state index is 0.00972. The van der Waals surface area contributed by atoms with Gasteiger partial charge in [-0.15, -0.1) is 0 Å². The fraction of sp³-hybridized carbons (Fsp3) is 0.533. The van der Waals surface area contributed by atoms with E-state index >= 15 is 0 Å². The van der Waals surface area contributed by atoms with Crippen molar-refractivity contribution >= 4 is 21.8 Å². The maximum Gasteiger partial charge on any atom is 0.225 e. The number of hydrogen-bond acceptors (Lipinski definition) is 2. The lowest BCUT2D eigenvalue weighted by molar-refractivity contribution is -0.126. The first kappa shape index (κ1) is 14.5. The highest BCUT2D eigenvalue weighted by Crippen LogP contribution is 2.26. The minimum Gasteiger partial charge on any atom is -0.349 e. The molecule has 1 saturated carbocycles. The molecular weight excluding hydrogens is 304 g/mol. The summed E-state index contributed by atoms with van der Waals surface area (Å²) in [7, 11) is 0. The molecule has 2 rings (SSSR count). The zero-order valence-corrected chi connectivity index (χ0v) is 12.8. The Labute approximate surface area is 123 Å². The molecule has 4 heteroatoms. The highest BCUT2D eigenvalue weighted by atomic mass is 79.9. The monoisotopic (exact) mass is 324 g/mol. The largest absolute Gasteiger partial charge is 0.349 e. The Hall–Kier alpha value is -0.870. The summed E-state index contributed by atoms with van der Waals surface area (Å²) in [6.07, 6.45) is 3.83. The van der Waals surface area contributed by atoms with Gasteiger partial charge in [0.05, 0.1) is 12.0 Å². The standard InChI is InChI=1S/C15H21BrN2O/c1-2-14(10-6-8-11(16)9-7-10)18-15(19)12-4-3-5-13(12)17/h6-9,12-14H,2-5,17H2,1H3,(H,18,19). The number of carbonyl (C=O) groups excluding carboxylic acids is 1. The number of rotatable bonds is 4. The van der Waals surface area contributed by atoms with E-state index in [1.165, 1.54) is 0 Å². The molecule has 1 aromatic rings. The predicted octanol–water partition coefficient (Wildman–Crippen LogP) is 3.14. The third kappa shape index (κ3) is 3.57. The molecule has 0 aromatic heterocycles. The topological polar surface area (TPSA) is 55.1 Å². The average molecular weight is 325 g/mol. The summed E-state index contributed by atoms with van der Waals surface area (Å²) in [6, 6.07) is 8.22. The quantitative estimate of drug-likeness (QED) is 0.893. The number of halogens is 1. The van der Waals surface area contributed by atoms with E-state index in [1.807, 2.05) is 24.3 Å². The molecule has 19 heavy (non-hydrogen) atoms. The van der Waals surface area contributed by atoms with Crippen LogP contribution < -0.4 is 11.1 Å². The van der Waals surface area contributed by atoms with E-state index in [-0.39, 0.29) is 23.9 Å². The summed E-state index contributed by atoms with van der Waals surface area (Å²) < 4.78 is 1.05. The summed E-state index contributed by atoms with van der Waals surface area (Å²) in [4.78, 5) is 12.3. The van der Waals surface area contributed by atoms with Crippen LogP contribution in [-0.4, -0.2) is 11.9 Å². The number of nitrogens with two attached hydrogens (primary N) is 1. The molecule has 3 atom stereocenters. The first-order chi connectivity index (χ1) is 9.11. The first-order valence-corrected chi connectivity index (χ1v) is 7.72. The van der Waals surface area contributed by atoms with Crippen molar-refractivity contribution in [1.29, 1.82) is 0 Å². The van der Waals surface area contributed by atoms with E-state index in [1.54, 1.807) is 0 Å². The second-order valence-electron chi connectivity index (χ2n) is 5.22. The molecule has 0 saturated heterocycles. The smallest absolute Gasteiger partial charge is 0.225 e. The van der Waals surface area contributed by atoms with Crippen molar-refractivity contribution in [3.63, 3.8) is 0 Å². The summed E-state index contributed by atoms with van der Waals surface area (Å²) in [6.45, 7) is 2.08. The average Bonchev–Trinajstić information content (AvgIpc) is 2.83. The number of nitrogens with one attached hydrogen (secondary N) is 1. The summed E-state index contributed by atoms with van der Waals surface area (Å²) >= 11 is 3.43. The van der Waals surface area contributed by atoms with Crippen LogP contribution in [0.5, 0.6) is 0 Å². The van der Waals surface area contributed by atoms with Crippen molar-refractivity contribution in [2.24, 2.45) is 11.7 Å². The molecule has 0 spiro atoms. The van der Waals surface area contributed by atoms with Crippen molar-refractivity contribution in [2.45, 2.75) is 44.7 Å². The summed E-state index contributed by atoms with van der Waals surface area (Å²) in [5.41, 5.74) is 7.13. The molecule has 3 nitrogen and oxygen atoms in total. The minimum atomic E-state index is -0.00972. The highest BCUT2D eigenvalue weighted by molar-refractivity contribution is 9.10. The third-order valence-corrected chi connectivity index (χ3v) is 4.43. The van der Waals surface area contributed by atoms with E-state index in [2.05, 4.69) is 28.2 Å². The molecule has 3 N–H and O–H groups in total. The molecule has 3 unspecified atom stereocenters. The van der Waals surface area contributed by atoms with Gasteiger partial charge in [0.25, 0.3) is 0 Å². The molecule has 1 aliphatic carbocycles. The molecular formula is C15H21BrN2O. The Bertz CT molecular complexity index is 432. The number of carbonyl (C=O) groups is 1. The van der Waals surface area contributed by atoms with Gasteiger partial charge in [0.2, 0.25) is 5.91 Å². The van der Waals surface area contributed by atoms with Gasteiger partial charge in [0.1, 0.15) is 0 Å². The SMILES string of the molecule is CCC(NC(=O)C1CCCC1N)c1ccc(Br)cc1. The fourth-order valence-corrected chi connectivity index (χ4v) is 2.97. The van der Waals surface area contributed by atoms with Crippen molar-refractivity contribution in [2.75, 3.05) is 0 Å². The lowest BCUT2D eigenvalue weighted by Crippen LogP contribution is -2.40. The van der Waals surface area contributed by atoms with Crippen LogP contribution >= 0.6 is 15.9 Å². The van der Waals surface area contributed by atoms with Gasteiger partial charge in [-0.05, 0) is 37.0 Å². The number of benzene rings is 1. The van der Waals surface area contributed by atoms with E-state index in [9.17, 15) is 4.79 Å². The van der Waals surface area contributed by atoms with Crippen LogP contribution in [0.3, 0.4) is 0 Å². The Morgan fingerprint density at radius 2 is 2.11 bits per heavy atom. The van der Waals surface area contributed by atoms with Crippen molar-refractivity contribution in [1.82, 2.24) is 5.32 Å². The van der Waals surface area contributed by atoms with Crippen LogP contribution in [0.15, 0.2) is 28.7 Å². The van der Waals surface area contributed by atoms with Crippen LogP contribution in [0.2, 0.25) is 0 Å². The van der Waals surface area contributed by atoms with Gasteiger partial charge < -0.3 is 11.1 Å². The maximum absolute atomic E-state index is 12.3. The van der Waals surface area contributed by atoms with Crippen molar-refractivity contribution in [3.8, 4) is 0 Å². The summed E-state index contributed by atoms with van der Waals surface area (Å²) in [5, 5.41) is 3.14. The maximum atomic E-state index is 12.3. The molecule has 1 fully saturated rings. The molecule has 0 heterocycles. The van der Waals surface area contributed by atoms with Crippen LogP contribution in [0.25, 0.3) is 0 Å². The Morgan fingerprint density at radius 3 is 2.63 bits per heavy atom. The van der Waals surface area contributed by atoms with Crippen molar-refractivity contribution in [3.05, 3.63) is 34.3 Å². The van der Waals surface area contributed by atoms with Gasteiger partial charge in [0.15, 0.2) is 0 Å². The van der Waals surface area contributed by atoms with Crippen LogP contribution in [0.4, 0.5) is 0 Å². The Balaban J connectivity index is 2.02. The lowest BCUT2D eigenvalue weighted by Gasteiger charge is -2.22. The predicted molar refractivity (Wildman–Crippen MR) is 80.6 cm³/mol. The zero-order chi connectivity index (χ0) is 13.8. The Kier molecular flexibility index (Phi) is 4.99. The van der Waals surface area contributed by atoms with Gasteiger partial charge in [-0.1, -0.05) is 41.4 Å². The van der Waals surface area contributed by atoms with Crippen molar-refractivity contribution < 1.29 is 4.79 Å². The second-order valence-corrected chi connectivity index (χ2v) is 6.14. The van der Waals surface area contributed by atoms with E-state index in [0.717, 1.165) is 35.7 Å². The number of hydrogen-bond donors (Lipinski definition) is 2. The van der Waals surface area contributed by atoms with E-state index < -0.39 is 0 Å². The molecule has 1 aromatic carbocycles. The summed E-state index contributed by atoms with van der Waals surface area (Å²) in [5.74, 6) is 0.101. The second kappa shape index (κ2) is 6.53. The Morgan fingerprint density at radius 1 is 1.42 bits per heavy atom. The van der Waals surface area contributed by atoms with E-state index in [4.69, 9.17) is 5.73 Å². The van der Waals surface area contributed by atoms with Gasteiger partial charge in [-0.25, -0.2) is 0 Å². The zero-order valence-electron chi connectivity index (χ0n) is 11.2. The lowest BCUT2D eigenvalue weighted by atomic mass is 10.00. The normalized spacial score (nSPS) is 24.2. The molecule has 1 amide bonds. The molecule has 104 valence electrons. The van der Waals surface area contributed by atoms with Crippen LogP contribution in [0.1, 0.15) is 44.2 Å². The van der Waals surface area contributed by atoms with Gasteiger partial charge in [-0.2, -0.15) is 0 Å². The molecule has 1 aliphatic rings. The number of amides is 1. The molecule has 0 bridgehead atoms.